The van der Waals surface area contributed by atoms with Gasteiger partial charge in [-0.25, -0.2) is 8.42 Å². The lowest BCUT2D eigenvalue weighted by molar-refractivity contribution is 0.0413. The highest BCUT2D eigenvalue weighted by molar-refractivity contribution is 9.09. The Kier molecular flexibility index (Phi) is 5.52. The molecule has 0 aliphatic carbocycles. The molecular formula is C9H18BrNO3S. The molecule has 0 saturated carbocycles. The summed E-state index contributed by atoms with van der Waals surface area (Å²) in [5.41, 5.74) is 0. The molecule has 0 aromatic heterocycles. The van der Waals surface area contributed by atoms with E-state index in [1.54, 1.807) is 4.31 Å². The van der Waals surface area contributed by atoms with Gasteiger partial charge >= 0.3 is 0 Å². The van der Waals surface area contributed by atoms with Crippen LogP contribution in [0.5, 0.6) is 0 Å². The van der Waals surface area contributed by atoms with E-state index in [-0.39, 0.29) is 11.8 Å². The quantitative estimate of drug-likeness (QED) is 0.717. The van der Waals surface area contributed by atoms with Gasteiger partial charge in [-0.15, -0.1) is 0 Å². The van der Waals surface area contributed by atoms with Gasteiger partial charge in [-0.2, -0.15) is 4.31 Å². The summed E-state index contributed by atoms with van der Waals surface area (Å²) < 4.78 is 30.8. The average molecular weight is 300 g/mol. The number of nitrogens with zero attached hydrogens (tertiary/aromatic N) is 1. The highest BCUT2D eigenvalue weighted by atomic mass is 79.9. The van der Waals surface area contributed by atoms with Gasteiger partial charge in [0.25, 0.3) is 0 Å². The third-order valence-electron chi connectivity index (χ3n) is 2.46. The average Bonchev–Trinajstić information content (AvgIpc) is 2.26. The largest absolute Gasteiger partial charge is 0.378 e. The molecule has 1 aliphatic heterocycles. The number of sulfonamides is 1. The van der Waals surface area contributed by atoms with E-state index in [0.29, 0.717) is 25.1 Å². The van der Waals surface area contributed by atoms with Gasteiger partial charge < -0.3 is 4.74 Å². The van der Waals surface area contributed by atoms with Crippen LogP contribution in [0, 0.1) is 0 Å². The van der Waals surface area contributed by atoms with Gasteiger partial charge in [0.05, 0.1) is 25.0 Å². The first kappa shape index (κ1) is 13.4. The minimum atomic E-state index is -3.08. The molecule has 0 radical (unpaired) electrons. The van der Waals surface area contributed by atoms with Crippen LogP contribution in [0.1, 0.15) is 19.8 Å². The van der Waals surface area contributed by atoms with E-state index < -0.39 is 10.0 Å². The molecule has 1 fully saturated rings. The van der Waals surface area contributed by atoms with Crippen LogP contribution >= 0.6 is 15.9 Å². The normalized spacial score (nSPS) is 24.3. The highest BCUT2D eigenvalue weighted by Crippen LogP contribution is 2.15. The molecule has 1 atom stereocenters. The second-order valence-corrected chi connectivity index (χ2v) is 6.35. The maximum Gasteiger partial charge on any atom is 0.214 e. The standard InChI is InChI=1S/C9H18BrNO3S/c1-2-3-6-15(12,13)11-4-5-14-8-9(11)7-10/h9H,2-8H2,1H3. The molecule has 1 aliphatic rings. The van der Waals surface area contributed by atoms with Crippen molar-refractivity contribution < 1.29 is 13.2 Å². The van der Waals surface area contributed by atoms with Gasteiger partial charge in [-0.3, -0.25) is 0 Å². The van der Waals surface area contributed by atoms with E-state index in [0.717, 1.165) is 12.8 Å². The van der Waals surface area contributed by atoms with Crippen LogP contribution in [0.25, 0.3) is 0 Å². The Bertz CT molecular complexity index is 281. The topological polar surface area (TPSA) is 46.6 Å². The fourth-order valence-electron chi connectivity index (χ4n) is 1.57. The minimum Gasteiger partial charge on any atom is -0.378 e. The van der Waals surface area contributed by atoms with Crippen molar-refractivity contribution >= 4 is 26.0 Å². The smallest absolute Gasteiger partial charge is 0.214 e. The van der Waals surface area contributed by atoms with E-state index >= 15 is 0 Å². The first-order valence-corrected chi connectivity index (χ1v) is 7.98. The molecule has 1 heterocycles. The van der Waals surface area contributed by atoms with Gasteiger partial charge in [0, 0.05) is 11.9 Å². The number of halogens is 1. The van der Waals surface area contributed by atoms with Gasteiger partial charge in [-0.1, -0.05) is 29.3 Å². The molecule has 90 valence electrons. The summed E-state index contributed by atoms with van der Waals surface area (Å²) in [6, 6.07) is -0.0411. The van der Waals surface area contributed by atoms with Gasteiger partial charge in [0.15, 0.2) is 0 Å². The predicted octanol–water partition coefficient (Wildman–Crippen LogP) is 1.21. The third kappa shape index (κ3) is 3.69. The first-order valence-electron chi connectivity index (χ1n) is 5.25. The second kappa shape index (κ2) is 6.18. The molecule has 1 unspecified atom stereocenters. The minimum absolute atomic E-state index is 0.0411. The summed E-state index contributed by atoms with van der Waals surface area (Å²) in [7, 11) is -3.08. The SMILES string of the molecule is CCCCS(=O)(=O)N1CCOCC1CBr. The van der Waals surface area contributed by atoms with Crippen molar-refractivity contribution in [1.29, 1.82) is 0 Å². The molecule has 15 heavy (non-hydrogen) atoms. The zero-order valence-corrected chi connectivity index (χ0v) is 11.4. The lowest BCUT2D eigenvalue weighted by atomic mass is 10.3. The van der Waals surface area contributed by atoms with E-state index in [2.05, 4.69) is 15.9 Å². The van der Waals surface area contributed by atoms with Crippen LogP contribution in [0.3, 0.4) is 0 Å². The summed E-state index contributed by atoms with van der Waals surface area (Å²) in [6.45, 7) is 3.49. The van der Waals surface area contributed by atoms with Crippen molar-refractivity contribution in [3.8, 4) is 0 Å². The van der Waals surface area contributed by atoms with Crippen molar-refractivity contribution in [1.82, 2.24) is 4.31 Å². The van der Waals surface area contributed by atoms with Crippen molar-refractivity contribution in [3.63, 3.8) is 0 Å². The zero-order valence-electron chi connectivity index (χ0n) is 8.99. The van der Waals surface area contributed by atoms with Gasteiger partial charge in [0.1, 0.15) is 0 Å². The lowest BCUT2D eigenvalue weighted by Gasteiger charge is -2.33. The van der Waals surface area contributed by atoms with Crippen molar-refractivity contribution in [2.75, 3.05) is 30.8 Å². The fraction of sp³-hybridized carbons (Fsp3) is 1.00. The Hall–Kier alpha value is 0.350. The molecule has 1 saturated heterocycles. The van der Waals surface area contributed by atoms with Crippen LogP contribution in [-0.4, -0.2) is 49.6 Å². The molecule has 0 bridgehead atoms. The third-order valence-corrected chi connectivity index (χ3v) is 5.21. The summed E-state index contributed by atoms with van der Waals surface area (Å²) in [5, 5.41) is 0.637. The Morgan fingerprint density at radius 3 is 2.87 bits per heavy atom. The predicted molar refractivity (Wildman–Crippen MR) is 63.8 cm³/mol. The van der Waals surface area contributed by atoms with Crippen LogP contribution in [0.15, 0.2) is 0 Å². The van der Waals surface area contributed by atoms with E-state index in [1.807, 2.05) is 6.92 Å². The number of hydrogen-bond acceptors (Lipinski definition) is 3. The molecule has 0 amide bonds. The summed E-state index contributed by atoms with van der Waals surface area (Å²) >= 11 is 3.33. The van der Waals surface area contributed by atoms with Crippen LogP contribution in [-0.2, 0) is 14.8 Å². The Morgan fingerprint density at radius 2 is 2.27 bits per heavy atom. The molecule has 0 aromatic carbocycles. The maximum absolute atomic E-state index is 12.0. The monoisotopic (exact) mass is 299 g/mol. The highest BCUT2D eigenvalue weighted by Gasteiger charge is 2.31. The number of unbranched alkanes of at least 4 members (excludes halogenated alkanes) is 1. The molecule has 0 aromatic rings. The molecule has 4 nitrogen and oxygen atoms in total. The van der Waals surface area contributed by atoms with E-state index in [1.165, 1.54) is 0 Å². The zero-order chi connectivity index (χ0) is 11.3. The van der Waals surface area contributed by atoms with Crippen LogP contribution < -0.4 is 0 Å². The Morgan fingerprint density at radius 1 is 1.53 bits per heavy atom. The molecule has 0 N–H and O–H groups in total. The fourth-order valence-corrected chi connectivity index (χ4v) is 4.13. The van der Waals surface area contributed by atoms with Crippen molar-refractivity contribution in [3.05, 3.63) is 0 Å². The molecular weight excluding hydrogens is 282 g/mol. The molecule has 6 heteroatoms. The number of alkyl halides is 1. The number of ether oxygens (including phenoxy) is 1. The Balaban J connectivity index is 2.65. The lowest BCUT2D eigenvalue weighted by Crippen LogP contribution is -2.50. The summed E-state index contributed by atoms with van der Waals surface area (Å²) in [6.07, 6.45) is 1.64. The van der Waals surface area contributed by atoms with Crippen molar-refractivity contribution in [2.24, 2.45) is 0 Å². The summed E-state index contributed by atoms with van der Waals surface area (Å²) in [4.78, 5) is 0. The number of hydrogen-bond donors (Lipinski definition) is 0. The Labute approximate surface area is 100 Å². The maximum atomic E-state index is 12.0. The molecule has 1 rings (SSSR count). The van der Waals surface area contributed by atoms with Crippen LogP contribution in [0.4, 0.5) is 0 Å². The second-order valence-electron chi connectivity index (χ2n) is 3.66. The first-order chi connectivity index (χ1) is 7.11. The molecule has 0 spiro atoms. The van der Waals surface area contributed by atoms with Crippen molar-refractivity contribution in [2.45, 2.75) is 25.8 Å². The van der Waals surface area contributed by atoms with Gasteiger partial charge in [-0.05, 0) is 6.42 Å². The van der Waals surface area contributed by atoms with E-state index in [4.69, 9.17) is 4.74 Å². The van der Waals surface area contributed by atoms with Crippen LogP contribution in [0.2, 0.25) is 0 Å². The number of rotatable bonds is 5. The van der Waals surface area contributed by atoms with E-state index in [9.17, 15) is 8.42 Å². The number of morpholine rings is 1. The van der Waals surface area contributed by atoms with Gasteiger partial charge in [0.2, 0.25) is 10.0 Å². The summed E-state index contributed by atoms with van der Waals surface area (Å²) in [5.74, 6) is 0.257.